The highest BCUT2D eigenvalue weighted by Gasteiger charge is 2.61. The standard InChI is InChI=1S/C47H51ClN4O8S/c1-7-30-24-47(30,45(55)51-61(56,57)34-20-21-34)25-38(53)37-23-33(26-52(37)44(54)36(46(4,5)6)22-28-12-16-31(48)17-13-28)59-43-41-40(35-10-8-9-11-39(35)60-41)49-42(50-43)29-14-18-32(19-15-29)58-27(2)3/h7-19,27,30,33-34,36-37H,1,20-26H2,2-6H3,(H,51,55)/t30-,33-,36-,37+,47-/m1/s1. The van der Waals surface area contributed by atoms with E-state index in [9.17, 15) is 18.0 Å². The first kappa shape index (κ1) is 42.4. The number of hydrogen-bond donors (Lipinski definition) is 1. The Balaban J connectivity index is 1.14. The predicted molar refractivity (Wildman–Crippen MR) is 234 cm³/mol. The number of sulfonamides is 1. The van der Waals surface area contributed by atoms with Gasteiger partial charge in [0.1, 0.15) is 23.0 Å². The van der Waals surface area contributed by atoms with Gasteiger partial charge in [0, 0.05) is 34.7 Å². The number of aromatic nitrogens is 2. The number of furan rings is 1. The molecule has 14 heteroatoms. The number of nitrogens with zero attached hydrogens (tertiary/aromatic N) is 3. The summed E-state index contributed by atoms with van der Waals surface area (Å²) in [7, 11) is -3.87. The van der Waals surface area contributed by atoms with Crippen molar-refractivity contribution in [3.8, 4) is 23.0 Å². The van der Waals surface area contributed by atoms with Gasteiger partial charge < -0.3 is 18.8 Å². The number of rotatable bonds is 15. The first-order chi connectivity index (χ1) is 29.0. The molecule has 1 N–H and O–H groups in total. The lowest BCUT2D eigenvalue weighted by Gasteiger charge is -2.35. The van der Waals surface area contributed by atoms with E-state index < -0.39 is 56.0 Å². The Kier molecular flexibility index (Phi) is 11.3. The molecule has 0 unspecified atom stereocenters. The van der Waals surface area contributed by atoms with Crippen LogP contribution in [-0.2, 0) is 30.8 Å². The third-order valence-corrected chi connectivity index (χ3v) is 14.2. The maximum absolute atomic E-state index is 15.0. The van der Waals surface area contributed by atoms with E-state index in [0.29, 0.717) is 58.1 Å². The predicted octanol–water partition coefficient (Wildman–Crippen LogP) is 8.50. The van der Waals surface area contributed by atoms with Crippen LogP contribution >= 0.6 is 11.6 Å². The fourth-order valence-corrected chi connectivity index (χ4v) is 9.96. The van der Waals surface area contributed by atoms with Gasteiger partial charge in [0.2, 0.25) is 27.4 Å². The molecule has 12 nitrogen and oxygen atoms in total. The number of benzene rings is 3. The highest BCUT2D eigenvalue weighted by atomic mass is 35.5. The molecule has 2 saturated carbocycles. The van der Waals surface area contributed by atoms with Crippen molar-refractivity contribution in [3.63, 3.8) is 0 Å². The van der Waals surface area contributed by atoms with Gasteiger partial charge in [0.05, 0.1) is 29.4 Å². The van der Waals surface area contributed by atoms with Crippen LogP contribution in [0.25, 0.3) is 33.5 Å². The number of allylic oxidation sites excluding steroid dienone is 1. The van der Waals surface area contributed by atoms with Crippen molar-refractivity contribution in [2.75, 3.05) is 6.54 Å². The van der Waals surface area contributed by atoms with Crippen molar-refractivity contribution in [1.29, 1.82) is 0 Å². The van der Waals surface area contributed by atoms with E-state index in [1.165, 1.54) is 0 Å². The summed E-state index contributed by atoms with van der Waals surface area (Å²) in [6.45, 7) is 13.8. The number of nitrogens with one attached hydrogen (secondary N) is 1. The SMILES string of the molecule is C=C[C@@H]1C[C@]1(CC(=O)[C@@H]1C[C@@H](Oc2nc(-c3ccc(OC(C)C)cc3)nc3c2oc2ccccc23)CN1C(=O)[C@@H](Cc1ccc(Cl)cc1)C(C)(C)C)C(=O)NS(=O)(=O)C1CC1. The van der Waals surface area contributed by atoms with E-state index in [2.05, 4.69) is 11.3 Å². The summed E-state index contributed by atoms with van der Waals surface area (Å²) in [4.78, 5) is 54.9. The fourth-order valence-electron chi connectivity index (χ4n) is 8.45. The van der Waals surface area contributed by atoms with Gasteiger partial charge >= 0.3 is 0 Å². The molecule has 3 aromatic carbocycles. The van der Waals surface area contributed by atoms with E-state index in [1.807, 2.05) is 95.3 Å². The minimum absolute atomic E-state index is 0.000671. The normalized spacial score (nSPS) is 22.0. The van der Waals surface area contributed by atoms with E-state index in [1.54, 1.807) is 23.1 Å². The second kappa shape index (κ2) is 16.2. The first-order valence-corrected chi connectivity index (χ1v) is 22.8. The van der Waals surface area contributed by atoms with Crippen LogP contribution in [0.5, 0.6) is 11.6 Å². The van der Waals surface area contributed by atoms with E-state index in [0.717, 1.165) is 10.9 Å². The Morgan fingerprint density at radius 2 is 1.74 bits per heavy atom. The average Bonchev–Trinajstić information content (AvgIpc) is 4.12. The molecule has 2 aromatic heterocycles. The van der Waals surface area contributed by atoms with Crippen LogP contribution in [0.2, 0.25) is 5.02 Å². The molecule has 5 aromatic rings. The van der Waals surface area contributed by atoms with Crippen LogP contribution in [0.15, 0.2) is 89.9 Å². The Bertz CT molecular complexity index is 2620. The molecule has 0 spiro atoms. The summed E-state index contributed by atoms with van der Waals surface area (Å²) < 4.78 is 47.0. The molecule has 8 rings (SSSR count). The Labute approximate surface area is 361 Å². The monoisotopic (exact) mass is 866 g/mol. The number of ether oxygens (including phenoxy) is 2. The molecule has 1 saturated heterocycles. The lowest BCUT2D eigenvalue weighted by atomic mass is 9.76. The molecular formula is C47H51ClN4O8S. The number of fused-ring (bicyclic) bond motifs is 3. The van der Waals surface area contributed by atoms with Crippen molar-refractivity contribution in [2.24, 2.45) is 22.7 Å². The molecule has 3 aliphatic rings. The smallest absolute Gasteiger partial charge is 0.262 e. The zero-order valence-electron chi connectivity index (χ0n) is 35.0. The molecule has 2 aliphatic carbocycles. The summed E-state index contributed by atoms with van der Waals surface area (Å²) in [6.07, 6.45) is 2.34. The lowest BCUT2D eigenvalue weighted by Crippen LogP contribution is -2.48. The summed E-state index contributed by atoms with van der Waals surface area (Å²) >= 11 is 6.21. The van der Waals surface area contributed by atoms with Gasteiger partial charge in [0.15, 0.2) is 11.6 Å². The van der Waals surface area contributed by atoms with Gasteiger partial charge in [-0.05, 0) is 105 Å². The highest BCUT2D eigenvalue weighted by Crippen LogP contribution is 2.57. The second-order valence-corrected chi connectivity index (χ2v) is 20.5. The van der Waals surface area contributed by atoms with Crippen molar-refractivity contribution < 1.29 is 36.7 Å². The molecule has 3 heterocycles. The van der Waals surface area contributed by atoms with Gasteiger partial charge in [0.25, 0.3) is 5.88 Å². The largest absolute Gasteiger partial charge is 0.491 e. The molecule has 3 fully saturated rings. The Morgan fingerprint density at radius 1 is 1.03 bits per heavy atom. The van der Waals surface area contributed by atoms with E-state index in [-0.39, 0.29) is 49.5 Å². The fraction of sp³-hybridized carbons (Fsp3) is 0.426. The van der Waals surface area contributed by atoms with Crippen LogP contribution in [0, 0.1) is 22.7 Å². The third-order valence-electron chi connectivity index (χ3n) is 12.1. The molecule has 0 bridgehead atoms. The Hall–Kier alpha value is -5.27. The number of amides is 2. The van der Waals surface area contributed by atoms with Gasteiger partial charge in [-0.25, -0.2) is 13.4 Å². The van der Waals surface area contributed by atoms with Gasteiger partial charge in [-0.15, -0.1) is 6.58 Å². The molecule has 2 amide bonds. The minimum atomic E-state index is -3.87. The van der Waals surface area contributed by atoms with Gasteiger partial charge in [-0.1, -0.05) is 62.7 Å². The van der Waals surface area contributed by atoms with Crippen LogP contribution in [0.1, 0.15) is 72.3 Å². The second-order valence-electron chi connectivity index (χ2n) is 18.1. The van der Waals surface area contributed by atoms with Gasteiger partial charge in [-0.2, -0.15) is 4.98 Å². The zero-order valence-corrected chi connectivity index (χ0v) is 36.6. The third kappa shape index (κ3) is 8.77. The minimum Gasteiger partial charge on any atom is -0.491 e. The van der Waals surface area contributed by atoms with E-state index in [4.69, 9.17) is 35.5 Å². The van der Waals surface area contributed by atoms with Crippen LogP contribution in [-0.4, -0.2) is 70.9 Å². The number of hydrogen-bond acceptors (Lipinski definition) is 10. The van der Waals surface area contributed by atoms with Crippen molar-refractivity contribution in [3.05, 3.63) is 96.0 Å². The van der Waals surface area contributed by atoms with E-state index >= 15 is 4.79 Å². The zero-order chi connectivity index (χ0) is 43.4. The lowest BCUT2D eigenvalue weighted by molar-refractivity contribution is -0.144. The quantitative estimate of drug-likeness (QED) is 0.101. The number of ketones is 1. The average molecular weight is 867 g/mol. The molecule has 61 heavy (non-hydrogen) atoms. The van der Waals surface area contributed by atoms with Crippen molar-refractivity contribution in [1.82, 2.24) is 19.6 Å². The van der Waals surface area contributed by atoms with Crippen LogP contribution in [0.4, 0.5) is 0 Å². The molecule has 0 radical (unpaired) electrons. The molecule has 320 valence electrons. The maximum Gasteiger partial charge on any atom is 0.262 e. The summed E-state index contributed by atoms with van der Waals surface area (Å²) in [6, 6.07) is 21.4. The van der Waals surface area contributed by atoms with Crippen LogP contribution in [0.3, 0.4) is 0 Å². The van der Waals surface area contributed by atoms with Crippen molar-refractivity contribution in [2.45, 2.75) is 96.6 Å². The van der Waals surface area contributed by atoms with Crippen molar-refractivity contribution >= 4 is 61.3 Å². The number of carbonyl (C=O) groups excluding carboxylic acids is 3. The number of Topliss-reactive ketones (excluding diaryl/α,β-unsaturated/α-hetero) is 1. The number of para-hydroxylation sites is 1. The first-order valence-electron chi connectivity index (χ1n) is 20.8. The highest BCUT2D eigenvalue weighted by molar-refractivity contribution is 7.90. The number of halogens is 1. The topological polar surface area (TPSA) is 158 Å². The molecule has 5 atom stereocenters. The number of likely N-dealkylation sites (tertiary alicyclic amines) is 1. The number of carbonyl (C=O) groups is 3. The van der Waals surface area contributed by atoms with Crippen LogP contribution < -0.4 is 14.2 Å². The maximum atomic E-state index is 15.0. The molecule has 1 aliphatic heterocycles. The summed E-state index contributed by atoms with van der Waals surface area (Å²) in [5.74, 6) is -1.01. The van der Waals surface area contributed by atoms with Gasteiger partial charge in [-0.3, -0.25) is 19.1 Å². The Morgan fingerprint density at radius 3 is 2.38 bits per heavy atom. The summed E-state index contributed by atoms with van der Waals surface area (Å²) in [5, 5.41) is 0.738. The summed E-state index contributed by atoms with van der Waals surface area (Å²) in [5.41, 5.74) is 1.28. The molecular weight excluding hydrogens is 816 g/mol.